The quantitative estimate of drug-likeness (QED) is 0.476. The van der Waals surface area contributed by atoms with Crippen molar-refractivity contribution >= 4 is 5.97 Å². The predicted octanol–water partition coefficient (Wildman–Crippen LogP) is -0.579. The van der Waals surface area contributed by atoms with Crippen LogP contribution in [0.3, 0.4) is 0 Å². The second kappa shape index (κ2) is 2.82. The summed E-state index contributed by atoms with van der Waals surface area (Å²) >= 11 is 0. The zero-order valence-corrected chi connectivity index (χ0v) is 6.42. The number of carboxylic acid groups (broad SMARTS) is 1. The molecular weight excluding hydrogens is 162 g/mol. The highest BCUT2D eigenvalue weighted by Crippen LogP contribution is 2.07. The molecule has 1 heterocycles. The minimum atomic E-state index is -1.27. The summed E-state index contributed by atoms with van der Waals surface area (Å²) in [7, 11) is 0. The van der Waals surface area contributed by atoms with Crippen LogP contribution < -0.4 is 11.3 Å². The highest BCUT2D eigenvalue weighted by atomic mass is 16.4. The molecule has 1 aromatic rings. The second-order valence-electron chi connectivity index (χ2n) is 2.46. The van der Waals surface area contributed by atoms with E-state index in [0.29, 0.717) is 0 Å². The lowest BCUT2D eigenvalue weighted by molar-refractivity contribution is 0.0694. The molecule has 12 heavy (non-hydrogen) atoms. The van der Waals surface area contributed by atoms with Crippen molar-refractivity contribution in [3.05, 3.63) is 21.6 Å². The number of aromatic nitrogens is 2. The summed E-state index contributed by atoms with van der Waals surface area (Å²) in [6.07, 6.45) is 0. The Labute approximate surface area is 67.4 Å². The van der Waals surface area contributed by atoms with Gasteiger partial charge in [-0.25, -0.2) is 4.79 Å². The van der Waals surface area contributed by atoms with E-state index < -0.39 is 17.6 Å². The maximum Gasteiger partial charge on any atom is 0.343 e. The number of carboxylic acids is 1. The Bertz CT molecular complexity index is 349. The third-order valence-corrected chi connectivity index (χ3v) is 1.48. The van der Waals surface area contributed by atoms with Gasteiger partial charge in [0.25, 0.3) is 5.56 Å². The number of rotatable bonds is 2. The molecule has 1 rings (SSSR count). The summed E-state index contributed by atoms with van der Waals surface area (Å²) in [6.45, 7) is 1.59. The van der Waals surface area contributed by atoms with Gasteiger partial charge < -0.3 is 10.8 Å². The predicted molar refractivity (Wildman–Crippen MR) is 41.0 cm³/mol. The smallest absolute Gasteiger partial charge is 0.343 e. The fourth-order valence-corrected chi connectivity index (χ4v) is 0.925. The largest absolute Gasteiger partial charge is 0.477 e. The van der Waals surface area contributed by atoms with Gasteiger partial charge in [0, 0.05) is 6.04 Å². The molecule has 66 valence electrons. The summed E-state index contributed by atoms with van der Waals surface area (Å²) in [5.41, 5.74) is 4.66. The van der Waals surface area contributed by atoms with Crippen LogP contribution in [0.2, 0.25) is 0 Å². The molecule has 0 bridgehead atoms. The number of aromatic carboxylic acids is 1. The summed E-state index contributed by atoms with van der Waals surface area (Å²) in [4.78, 5) is 21.4. The maximum atomic E-state index is 10.9. The first-order valence-electron chi connectivity index (χ1n) is 3.33. The first kappa shape index (κ1) is 8.54. The van der Waals surface area contributed by atoms with Crippen LogP contribution in [0.15, 0.2) is 4.79 Å². The third-order valence-electron chi connectivity index (χ3n) is 1.48. The second-order valence-corrected chi connectivity index (χ2v) is 2.46. The van der Waals surface area contributed by atoms with E-state index in [0.717, 1.165) is 0 Å². The molecule has 1 aromatic heterocycles. The van der Waals surface area contributed by atoms with E-state index in [1.807, 2.05) is 0 Å². The van der Waals surface area contributed by atoms with Crippen molar-refractivity contribution in [2.24, 2.45) is 5.73 Å². The molecule has 0 aliphatic heterocycles. The molecule has 0 unspecified atom stereocenters. The average molecular weight is 171 g/mol. The van der Waals surface area contributed by atoms with Gasteiger partial charge in [-0.05, 0) is 6.92 Å². The molecule has 1 atom stereocenters. The van der Waals surface area contributed by atoms with Crippen molar-refractivity contribution in [2.45, 2.75) is 13.0 Å². The molecule has 5 N–H and O–H groups in total. The lowest BCUT2D eigenvalue weighted by atomic mass is 10.1. The molecule has 6 nitrogen and oxygen atoms in total. The number of hydrogen-bond donors (Lipinski definition) is 4. The molecule has 0 fully saturated rings. The van der Waals surface area contributed by atoms with Gasteiger partial charge >= 0.3 is 5.97 Å². The molecule has 0 spiro atoms. The van der Waals surface area contributed by atoms with Crippen molar-refractivity contribution in [3.63, 3.8) is 0 Å². The Morgan fingerprint density at radius 1 is 1.58 bits per heavy atom. The summed E-state index contributed by atoms with van der Waals surface area (Å²) in [5.74, 6) is -1.27. The minimum Gasteiger partial charge on any atom is -0.477 e. The number of carbonyl (C=O) groups is 1. The van der Waals surface area contributed by atoms with Gasteiger partial charge in [0.1, 0.15) is 5.56 Å². The molecule has 0 aliphatic rings. The van der Waals surface area contributed by atoms with E-state index >= 15 is 0 Å². The molecule has 0 saturated heterocycles. The first-order chi connectivity index (χ1) is 5.54. The standard InChI is InChI=1S/C6H9N3O3/c1-2(7)4-3(6(11)12)5(10)9-8-4/h2H,7H2,1H3,(H,11,12)(H2,8,9,10)/t2-/m0/s1. The van der Waals surface area contributed by atoms with Crippen molar-refractivity contribution in [3.8, 4) is 0 Å². The number of aromatic amines is 2. The lowest BCUT2D eigenvalue weighted by Crippen LogP contribution is -2.16. The Morgan fingerprint density at radius 3 is 2.50 bits per heavy atom. The van der Waals surface area contributed by atoms with Crippen LogP contribution in [0, 0.1) is 0 Å². The van der Waals surface area contributed by atoms with E-state index in [1.165, 1.54) is 0 Å². The van der Waals surface area contributed by atoms with Crippen molar-refractivity contribution < 1.29 is 9.90 Å². The number of nitrogens with two attached hydrogens (primary N) is 1. The summed E-state index contributed by atoms with van der Waals surface area (Å²) < 4.78 is 0. The van der Waals surface area contributed by atoms with Crippen LogP contribution in [-0.4, -0.2) is 21.3 Å². The van der Waals surface area contributed by atoms with E-state index in [1.54, 1.807) is 6.92 Å². The molecule has 0 aliphatic carbocycles. The molecular formula is C6H9N3O3. The molecule has 6 heteroatoms. The normalized spacial score (nSPS) is 12.8. The monoisotopic (exact) mass is 171 g/mol. The van der Waals surface area contributed by atoms with Crippen LogP contribution in [0.4, 0.5) is 0 Å². The Kier molecular flexibility index (Phi) is 2.01. The van der Waals surface area contributed by atoms with E-state index in [2.05, 4.69) is 10.2 Å². The Balaban J connectivity index is 3.31. The van der Waals surface area contributed by atoms with Gasteiger partial charge in [-0.2, -0.15) is 0 Å². The van der Waals surface area contributed by atoms with Gasteiger partial charge in [0.2, 0.25) is 0 Å². The zero-order chi connectivity index (χ0) is 9.30. The Morgan fingerprint density at radius 2 is 2.17 bits per heavy atom. The number of hydrogen-bond acceptors (Lipinski definition) is 3. The van der Waals surface area contributed by atoms with E-state index in [4.69, 9.17) is 10.8 Å². The van der Waals surface area contributed by atoms with E-state index in [-0.39, 0.29) is 11.3 Å². The molecule has 0 radical (unpaired) electrons. The average Bonchev–Trinajstić information content (AvgIpc) is 2.30. The van der Waals surface area contributed by atoms with Crippen molar-refractivity contribution in [2.75, 3.05) is 0 Å². The highest BCUT2D eigenvalue weighted by Gasteiger charge is 2.18. The first-order valence-corrected chi connectivity index (χ1v) is 3.33. The number of nitrogens with one attached hydrogen (secondary N) is 2. The van der Waals surface area contributed by atoms with Gasteiger partial charge in [-0.1, -0.05) is 0 Å². The van der Waals surface area contributed by atoms with Crippen LogP contribution in [-0.2, 0) is 0 Å². The fourth-order valence-electron chi connectivity index (χ4n) is 0.925. The van der Waals surface area contributed by atoms with E-state index in [9.17, 15) is 9.59 Å². The minimum absolute atomic E-state index is 0.215. The summed E-state index contributed by atoms with van der Waals surface area (Å²) in [5, 5.41) is 13.2. The molecule has 0 amide bonds. The van der Waals surface area contributed by atoms with Crippen LogP contribution in [0.1, 0.15) is 29.0 Å². The van der Waals surface area contributed by atoms with Crippen molar-refractivity contribution in [1.29, 1.82) is 0 Å². The summed E-state index contributed by atoms with van der Waals surface area (Å²) in [6, 6.07) is -0.505. The van der Waals surface area contributed by atoms with Crippen molar-refractivity contribution in [1.82, 2.24) is 10.2 Å². The van der Waals surface area contributed by atoms with Crippen LogP contribution >= 0.6 is 0 Å². The Hall–Kier alpha value is -1.56. The topological polar surface area (TPSA) is 112 Å². The van der Waals surface area contributed by atoms with Gasteiger partial charge in [-0.15, -0.1) is 0 Å². The maximum absolute atomic E-state index is 10.9. The van der Waals surface area contributed by atoms with Gasteiger partial charge in [-0.3, -0.25) is 15.0 Å². The highest BCUT2D eigenvalue weighted by molar-refractivity contribution is 5.88. The van der Waals surface area contributed by atoms with Gasteiger partial charge in [0.15, 0.2) is 0 Å². The molecule has 0 saturated carbocycles. The number of H-pyrrole nitrogens is 2. The fraction of sp³-hybridized carbons (Fsp3) is 0.333. The SMILES string of the molecule is C[C@H](N)c1[nH][nH]c(=O)c1C(=O)O. The van der Waals surface area contributed by atoms with Crippen LogP contribution in [0.25, 0.3) is 0 Å². The van der Waals surface area contributed by atoms with Gasteiger partial charge in [0.05, 0.1) is 5.69 Å². The lowest BCUT2D eigenvalue weighted by Gasteiger charge is -2.00. The van der Waals surface area contributed by atoms with Crippen LogP contribution in [0.5, 0.6) is 0 Å². The molecule has 0 aromatic carbocycles. The third kappa shape index (κ3) is 1.24. The zero-order valence-electron chi connectivity index (χ0n) is 6.42.